The van der Waals surface area contributed by atoms with E-state index in [4.69, 9.17) is 0 Å². The van der Waals surface area contributed by atoms with Gasteiger partial charge in [-0.1, -0.05) is 24.3 Å². The highest BCUT2D eigenvalue weighted by atomic mass is 32.2. The highest BCUT2D eigenvalue weighted by Crippen LogP contribution is 2.31. The van der Waals surface area contributed by atoms with Gasteiger partial charge in [0.05, 0.1) is 11.0 Å². The maximum atomic E-state index is 14.1. The first-order valence-corrected chi connectivity index (χ1v) is 10.5. The predicted octanol–water partition coefficient (Wildman–Crippen LogP) is 2.89. The summed E-state index contributed by atoms with van der Waals surface area (Å²) < 4.78 is 39.5. The molecule has 1 saturated heterocycles. The molecule has 0 saturated carbocycles. The predicted molar refractivity (Wildman–Crippen MR) is 104 cm³/mol. The van der Waals surface area contributed by atoms with Gasteiger partial charge in [0, 0.05) is 44.0 Å². The van der Waals surface area contributed by atoms with Crippen LogP contribution in [0, 0.1) is 5.82 Å². The van der Waals surface area contributed by atoms with Crippen molar-refractivity contribution in [2.45, 2.75) is 11.7 Å². The van der Waals surface area contributed by atoms with Crippen molar-refractivity contribution < 1.29 is 17.6 Å². The zero-order valence-electron chi connectivity index (χ0n) is 15.4. The molecule has 1 atom stereocenters. The Bertz CT molecular complexity index is 944. The summed E-state index contributed by atoms with van der Waals surface area (Å²) in [6, 6.07) is 13.2. The van der Waals surface area contributed by atoms with Crippen LogP contribution < -0.4 is 4.90 Å². The third kappa shape index (κ3) is 4.13. The van der Waals surface area contributed by atoms with Gasteiger partial charge < -0.3 is 9.80 Å². The van der Waals surface area contributed by atoms with E-state index < -0.39 is 20.9 Å². The van der Waals surface area contributed by atoms with Crippen LogP contribution in [0.4, 0.5) is 10.1 Å². The monoisotopic (exact) mass is 390 g/mol. The lowest BCUT2D eigenvalue weighted by Gasteiger charge is -2.21. The summed E-state index contributed by atoms with van der Waals surface area (Å²) in [4.78, 5) is 16.3. The first kappa shape index (κ1) is 19.4. The zero-order valence-corrected chi connectivity index (χ0v) is 16.2. The average molecular weight is 390 g/mol. The molecule has 3 rings (SSSR count). The largest absolute Gasteiger partial charge is 0.378 e. The van der Waals surface area contributed by atoms with Gasteiger partial charge in [-0.3, -0.25) is 4.79 Å². The van der Waals surface area contributed by atoms with Crippen molar-refractivity contribution in [3.8, 4) is 0 Å². The maximum Gasteiger partial charge on any atom is 0.253 e. The van der Waals surface area contributed by atoms with Gasteiger partial charge in [0.15, 0.2) is 9.84 Å². The van der Waals surface area contributed by atoms with Crippen molar-refractivity contribution in [2.75, 3.05) is 37.8 Å². The average Bonchev–Trinajstić information content (AvgIpc) is 2.80. The summed E-state index contributed by atoms with van der Waals surface area (Å²) in [7, 11) is 0.232. The number of carbonyl (C=O) groups is 1. The Labute approximate surface area is 159 Å². The molecule has 0 unspecified atom stereocenters. The van der Waals surface area contributed by atoms with Gasteiger partial charge in [-0.2, -0.15) is 0 Å². The van der Waals surface area contributed by atoms with Gasteiger partial charge in [-0.05, 0) is 30.7 Å². The molecule has 0 spiro atoms. The summed E-state index contributed by atoms with van der Waals surface area (Å²) >= 11 is 0. The molecule has 27 heavy (non-hydrogen) atoms. The number of anilines is 1. The Hall–Kier alpha value is -2.41. The van der Waals surface area contributed by atoms with Crippen LogP contribution in [0.1, 0.15) is 27.6 Å². The molecule has 0 N–H and O–H groups in total. The number of halogens is 1. The lowest BCUT2D eigenvalue weighted by molar-refractivity contribution is 0.0766. The molecular formula is C20H23FN2O3S. The van der Waals surface area contributed by atoms with Gasteiger partial charge in [-0.15, -0.1) is 0 Å². The van der Waals surface area contributed by atoms with E-state index in [2.05, 4.69) is 0 Å². The molecule has 1 aliphatic rings. The van der Waals surface area contributed by atoms with E-state index in [1.165, 1.54) is 18.2 Å². The molecule has 0 radical (unpaired) electrons. The minimum atomic E-state index is -3.55. The third-order valence-corrected chi connectivity index (χ3v) is 7.00. The molecular weight excluding hydrogens is 367 g/mol. The van der Waals surface area contributed by atoms with Crippen LogP contribution in [0.25, 0.3) is 0 Å². The molecule has 144 valence electrons. The highest BCUT2D eigenvalue weighted by molar-refractivity contribution is 7.91. The Morgan fingerprint density at radius 2 is 1.85 bits per heavy atom. The van der Waals surface area contributed by atoms with Crippen LogP contribution in [0.3, 0.4) is 0 Å². The van der Waals surface area contributed by atoms with E-state index in [1.807, 2.05) is 25.1 Å². The van der Waals surface area contributed by atoms with Crippen molar-refractivity contribution >= 4 is 21.4 Å². The van der Waals surface area contributed by atoms with Gasteiger partial charge in [0.25, 0.3) is 5.91 Å². The van der Waals surface area contributed by atoms with Gasteiger partial charge in [0.2, 0.25) is 0 Å². The van der Waals surface area contributed by atoms with E-state index in [9.17, 15) is 17.6 Å². The molecule has 7 heteroatoms. The van der Waals surface area contributed by atoms with Crippen molar-refractivity contribution in [2.24, 2.45) is 0 Å². The second kappa shape index (κ2) is 7.68. The number of nitrogens with zero attached hydrogens (tertiary/aromatic N) is 2. The second-order valence-electron chi connectivity index (χ2n) is 6.90. The molecule has 1 amide bonds. The lowest BCUT2D eigenvalue weighted by Crippen LogP contribution is -2.33. The van der Waals surface area contributed by atoms with Gasteiger partial charge in [0.1, 0.15) is 5.82 Å². The van der Waals surface area contributed by atoms with Crippen LogP contribution in [0.15, 0.2) is 48.5 Å². The Balaban J connectivity index is 1.84. The van der Waals surface area contributed by atoms with E-state index in [-0.39, 0.29) is 36.7 Å². The quantitative estimate of drug-likeness (QED) is 0.809. The van der Waals surface area contributed by atoms with Crippen LogP contribution in [-0.4, -0.2) is 52.2 Å². The molecule has 5 nitrogen and oxygen atoms in total. The first-order valence-electron chi connectivity index (χ1n) is 8.82. The standard InChI is InChI=1S/C20H23FN2O3S/c1-22(2)16-7-5-6-15(14-16)20(24)23-11-10-19(27(25,26)13-12-23)17-8-3-4-9-18(17)21/h3-9,14,19H,10-13H2,1-2H3/t19-/m1/s1. The Kier molecular flexibility index (Phi) is 5.51. The van der Waals surface area contributed by atoms with Crippen LogP contribution in [-0.2, 0) is 9.84 Å². The lowest BCUT2D eigenvalue weighted by atomic mass is 10.1. The zero-order chi connectivity index (χ0) is 19.6. The van der Waals surface area contributed by atoms with Crippen LogP contribution in [0.5, 0.6) is 0 Å². The smallest absolute Gasteiger partial charge is 0.253 e. The van der Waals surface area contributed by atoms with Crippen molar-refractivity contribution in [1.29, 1.82) is 0 Å². The summed E-state index contributed by atoms with van der Waals surface area (Å²) in [5, 5.41) is -0.926. The van der Waals surface area contributed by atoms with E-state index in [0.717, 1.165) is 5.69 Å². The number of rotatable bonds is 3. The molecule has 1 heterocycles. The molecule has 0 bridgehead atoms. The highest BCUT2D eigenvalue weighted by Gasteiger charge is 2.34. The third-order valence-electron chi connectivity index (χ3n) is 4.89. The number of amides is 1. The molecule has 2 aromatic carbocycles. The fourth-order valence-electron chi connectivity index (χ4n) is 3.33. The van der Waals surface area contributed by atoms with Gasteiger partial charge >= 0.3 is 0 Å². The number of sulfone groups is 1. The van der Waals surface area contributed by atoms with E-state index in [1.54, 1.807) is 29.2 Å². The normalized spacial score (nSPS) is 19.4. The topological polar surface area (TPSA) is 57.7 Å². The maximum absolute atomic E-state index is 14.1. The van der Waals surface area contributed by atoms with E-state index in [0.29, 0.717) is 5.56 Å². The molecule has 2 aromatic rings. The van der Waals surface area contributed by atoms with Crippen molar-refractivity contribution in [3.63, 3.8) is 0 Å². The number of carbonyl (C=O) groups excluding carboxylic acids is 1. The second-order valence-corrected chi connectivity index (χ2v) is 9.21. The van der Waals surface area contributed by atoms with Crippen LogP contribution in [0.2, 0.25) is 0 Å². The molecule has 1 aliphatic heterocycles. The van der Waals surface area contributed by atoms with Crippen molar-refractivity contribution in [1.82, 2.24) is 4.90 Å². The molecule has 1 fully saturated rings. The fourth-order valence-corrected chi connectivity index (χ4v) is 5.13. The summed E-state index contributed by atoms with van der Waals surface area (Å²) in [5.41, 5.74) is 1.59. The minimum Gasteiger partial charge on any atom is -0.378 e. The summed E-state index contributed by atoms with van der Waals surface area (Å²) in [6.07, 6.45) is 0.183. The number of hydrogen-bond acceptors (Lipinski definition) is 4. The van der Waals surface area contributed by atoms with Gasteiger partial charge in [-0.25, -0.2) is 12.8 Å². The Morgan fingerprint density at radius 3 is 2.56 bits per heavy atom. The fraction of sp³-hybridized carbons (Fsp3) is 0.350. The SMILES string of the molecule is CN(C)c1cccc(C(=O)N2CC[C@H](c3ccccc3F)S(=O)(=O)CC2)c1. The number of benzene rings is 2. The minimum absolute atomic E-state index is 0.109. The number of hydrogen-bond donors (Lipinski definition) is 0. The summed E-state index contributed by atoms with van der Waals surface area (Å²) in [6.45, 7) is 0.377. The first-order chi connectivity index (χ1) is 12.8. The van der Waals surface area contributed by atoms with E-state index >= 15 is 0 Å². The Morgan fingerprint density at radius 1 is 1.11 bits per heavy atom. The molecule has 0 aliphatic carbocycles. The van der Waals surface area contributed by atoms with Crippen LogP contribution >= 0.6 is 0 Å². The molecule has 0 aromatic heterocycles. The van der Waals surface area contributed by atoms with Crippen molar-refractivity contribution in [3.05, 3.63) is 65.5 Å². The summed E-state index contributed by atoms with van der Waals surface area (Å²) in [5.74, 6) is -0.905.